The Bertz CT molecular complexity index is 631. The maximum Gasteiger partial charge on any atom is 0.337 e. The Morgan fingerprint density at radius 2 is 1.89 bits per heavy atom. The second-order valence-electron chi connectivity index (χ2n) is 3.58. The number of aromatic carboxylic acids is 1. The number of carbonyl (C=O) groups is 2. The summed E-state index contributed by atoms with van der Waals surface area (Å²) in [6.07, 6.45) is 3.96. The van der Waals surface area contributed by atoms with Gasteiger partial charge in [0.05, 0.1) is 16.8 Å². The average Bonchev–Trinajstić information content (AvgIpc) is 2.41. The van der Waals surface area contributed by atoms with E-state index in [4.69, 9.17) is 16.7 Å². The van der Waals surface area contributed by atoms with Crippen LogP contribution in [-0.2, 0) is 0 Å². The van der Waals surface area contributed by atoms with Gasteiger partial charge in [0.25, 0.3) is 5.91 Å². The quantitative estimate of drug-likeness (QED) is 0.896. The van der Waals surface area contributed by atoms with Gasteiger partial charge in [-0.1, -0.05) is 11.6 Å². The highest BCUT2D eigenvalue weighted by Crippen LogP contribution is 2.21. The lowest BCUT2D eigenvalue weighted by molar-refractivity contribution is 0.0698. The smallest absolute Gasteiger partial charge is 0.337 e. The summed E-state index contributed by atoms with van der Waals surface area (Å²) in [5, 5.41) is 11.8. The molecule has 1 aromatic carbocycles. The predicted octanol–water partition coefficient (Wildman–Crippen LogP) is 2.08. The summed E-state index contributed by atoms with van der Waals surface area (Å²) in [7, 11) is 0. The van der Waals surface area contributed by atoms with E-state index in [1.165, 1.54) is 36.9 Å². The minimum Gasteiger partial charge on any atom is -0.478 e. The maximum atomic E-state index is 11.9. The van der Waals surface area contributed by atoms with E-state index in [0.29, 0.717) is 0 Å². The number of amides is 1. The Morgan fingerprint density at radius 3 is 2.53 bits per heavy atom. The third-order valence-electron chi connectivity index (χ3n) is 2.28. The molecule has 1 heterocycles. The molecule has 0 unspecified atom stereocenters. The monoisotopic (exact) mass is 277 g/mol. The number of rotatable bonds is 3. The molecule has 2 rings (SSSR count). The molecule has 0 radical (unpaired) electrons. The van der Waals surface area contributed by atoms with Gasteiger partial charge in [0.15, 0.2) is 0 Å². The lowest BCUT2D eigenvalue weighted by atomic mass is 10.1. The summed E-state index contributed by atoms with van der Waals surface area (Å²) in [4.78, 5) is 30.3. The molecule has 1 aromatic heterocycles. The van der Waals surface area contributed by atoms with Crippen LogP contribution in [0.5, 0.6) is 0 Å². The fourth-order valence-corrected chi connectivity index (χ4v) is 1.59. The van der Waals surface area contributed by atoms with Crippen LogP contribution in [0, 0.1) is 0 Å². The highest BCUT2D eigenvalue weighted by molar-refractivity contribution is 6.31. The van der Waals surface area contributed by atoms with E-state index < -0.39 is 11.9 Å². The predicted molar refractivity (Wildman–Crippen MR) is 68.4 cm³/mol. The lowest BCUT2D eigenvalue weighted by Gasteiger charge is -2.08. The molecule has 0 fully saturated rings. The van der Waals surface area contributed by atoms with Crippen LogP contribution < -0.4 is 5.32 Å². The Morgan fingerprint density at radius 1 is 1.21 bits per heavy atom. The summed E-state index contributed by atoms with van der Waals surface area (Å²) in [5.74, 6) is -1.67. The first-order valence-electron chi connectivity index (χ1n) is 5.17. The summed E-state index contributed by atoms with van der Waals surface area (Å²) in [6, 6.07) is 4.18. The van der Waals surface area contributed by atoms with Gasteiger partial charge in [-0.15, -0.1) is 0 Å². The van der Waals surface area contributed by atoms with Crippen LogP contribution >= 0.6 is 11.6 Å². The molecule has 2 N–H and O–H groups in total. The molecule has 0 saturated carbocycles. The molecule has 1 amide bonds. The number of carboxylic acid groups (broad SMARTS) is 1. The van der Waals surface area contributed by atoms with Crippen LogP contribution in [0.3, 0.4) is 0 Å². The SMILES string of the molecule is O=C(Nc1ccc(Cl)cc1C(=O)O)c1cncnc1. The number of carbonyl (C=O) groups excluding carboxylic acids is 1. The molecule has 0 spiro atoms. The van der Waals surface area contributed by atoms with Gasteiger partial charge in [-0.05, 0) is 18.2 Å². The number of hydrogen-bond donors (Lipinski definition) is 2. The number of hydrogen-bond acceptors (Lipinski definition) is 4. The zero-order valence-electron chi connectivity index (χ0n) is 9.50. The standard InChI is InChI=1S/C12H8ClN3O3/c13-8-1-2-10(9(3-8)12(18)19)16-11(17)7-4-14-6-15-5-7/h1-6H,(H,16,17)(H,18,19). The normalized spacial score (nSPS) is 9.95. The van der Waals surface area contributed by atoms with E-state index in [1.807, 2.05) is 0 Å². The topological polar surface area (TPSA) is 92.2 Å². The number of aromatic nitrogens is 2. The van der Waals surface area contributed by atoms with E-state index in [1.54, 1.807) is 0 Å². The summed E-state index contributed by atoms with van der Waals surface area (Å²) < 4.78 is 0. The maximum absolute atomic E-state index is 11.9. The van der Waals surface area contributed by atoms with Crippen LogP contribution in [0.1, 0.15) is 20.7 Å². The van der Waals surface area contributed by atoms with Crippen molar-refractivity contribution in [1.29, 1.82) is 0 Å². The fourth-order valence-electron chi connectivity index (χ4n) is 1.41. The van der Waals surface area contributed by atoms with Crippen LogP contribution in [0.15, 0.2) is 36.9 Å². The average molecular weight is 278 g/mol. The van der Waals surface area contributed by atoms with Gasteiger partial charge in [-0.25, -0.2) is 14.8 Å². The largest absolute Gasteiger partial charge is 0.478 e. The molecule has 2 aromatic rings. The summed E-state index contributed by atoms with van der Waals surface area (Å²) in [6.45, 7) is 0. The van der Waals surface area contributed by atoms with Gasteiger partial charge in [-0.3, -0.25) is 4.79 Å². The van der Waals surface area contributed by atoms with Gasteiger partial charge in [0.2, 0.25) is 0 Å². The number of benzene rings is 1. The van der Waals surface area contributed by atoms with E-state index in [0.717, 1.165) is 0 Å². The molecule has 96 valence electrons. The minimum absolute atomic E-state index is 0.0855. The van der Waals surface area contributed by atoms with Crippen LogP contribution in [0.2, 0.25) is 5.02 Å². The first kappa shape index (κ1) is 13.0. The second kappa shape index (κ2) is 5.45. The second-order valence-corrected chi connectivity index (χ2v) is 4.01. The van der Waals surface area contributed by atoms with Crippen molar-refractivity contribution >= 4 is 29.2 Å². The van der Waals surface area contributed by atoms with Gasteiger partial charge in [0, 0.05) is 17.4 Å². The molecular weight excluding hydrogens is 270 g/mol. The molecule has 0 saturated heterocycles. The van der Waals surface area contributed by atoms with E-state index in [2.05, 4.69) is 15.3 Å². The Kier molecular flexibility index (Phi) is 3.72. The number of nitrogens with one attached hydrogen (secondary N) is 1. The third-order valence-corrected chi connectivity index (χ3v) is 2.52. The van der Waals surface area contributed by atoms with Crippen molar-refractivity contribution < 1.29 is 14.7 Å². The number of nitrogens with zero attached hydrogens (tertiary/aromatic N) is 2. The molecule has 7 heteroatoms. The first-order valence-corrected chi connectivity index (χ1v) is 5.55. The highest BCUT2D eigenvalue weighted by atomic mass is 35.5. The van der Waals surface area contributed by atoms with Crippen LogP contribution in [-0.4, -0.2) is 27.0 Å². The number of carboxylic acids is 1. The van der Waals surface area contributed by atoms with Crippen molar-refractivity contribution in [3.05, 3.63) is 53.1 Å². The van der Waals surface area contributed by atoms with Gasteiger partial charge in [-0.2, -0.15) is 0 Å². The molecular formula is C12H8ClN3O3. The Labute approximate surface area is 113 Å². The number of halogens is 1. The molecule has 0 aliphatic carbocycles. The van der Waals surface area contributed by atoms with Crippen molar-refractivity contribution in [1.82, 2.24) is 9.97 Å². The Balaban J connectivity index is 2.29. The van der Waals surface area contributed by atoms with Crippen molar-refractivity contribution in [2.24, 2.45) is 0 Å². The Hall–Kier alpha value is -2.47. The third kappa shape index (κ3) is 3.05. The molecule has 6 nitrogen and oxygen atoms in total. The summed E-state index contributed by atoms with van der Waals surface area (Å²) >= 11 is 5.72. The zero-order valence-corrected chi connectivity index (χ0v) is 10.3. The van der Waals surface area contributed by atoms with Gasteiger partial charge in [0.1, 0.15) is 6.33 Å². The van der Waals surface area contributed by atoms with Crippen LogP contribution in [0.25, 0.3) is 0 Å². The lowest BCUT2D eigenvalue weighted by Crippen LogP contribution is -2.15. The summed E-state index contributed by atoms with van der Waals surface area (Å²) in [5.41, 5.74) is 0.303. The first-order chi connectivity index (χ1) is 9.08. The van der Waals surface area contributed by atoms with E-state index >= 15 is 0 Å². The van der Waals surface area contributed by atoms with Crippen LogP contribution in [0.4, 0.5) is 5.69 Å². The molecule has 0 bridgehead atoms. The highest BCUT2D eigenvalue weighted by Gasteiger charge is 2.14. The van der Waals surface area contributed by atoms with E-state index in [9.17, 15) is 9.59 Å². The minimum atomic E-state index is -1.18. The zero-order chi connectivity index (χ0) is 13.8. The molecule has 0 aliphatic heterocycles. The fraction of sp³-hybridized carbons (Fsp3) is 0. The molecule has 19 heavy (non-hydrogen) atoms. The van der Waals surface area contributed by atoms with Crippen molar-refractivity contribution in [2.45, 2.75) is 0 Å². The molecule has 0 atom stereocenters. The molecule has 0 aliphatic rings. The van der Waals surface area contributed by atoms with Crippen molar-refractivity contribution in [3.8, 4) is 0 Å². The number of anilines is 1. The van der Waals surface area contributed by atoms with Gasteiger partial charge >= 0.3 is 5.97 Å². The van der Waals surface area contributed by atoms with Gasteiger partial charge < -0.3 is 10.4 Å². The van der Waals surface area contributed by atoms with Crippen molar-refractivity contribution in [3.63, 3.8) is 0 Å². The van der Waals surface area contributed by atoms with E-state index in [-0.39, 0.29) is 21.8 Å². The van der Waals surface area contributed by atoms with Crippen molar-refractivity contribution in [2.75, 3.05) is 5.32 Å².